The first-order chi connectivity index (χ1) is 14.0. The fourth-order valence-corrected chi connectivity index (χ4v) is 3.01. The van der Waals surface area contributed by atoms with Crippen molar-refractivity contribution in [3.63, 3.8) is 0 Å². The molecule has 0 heterocycles. The van der Waals surface area contributed by atoms with Crippen molar-refractivity contribution in [2.75, 3.05) is 0 Å². The van der Waals surface area contributed by atoms with Crippen LogP contribution in [0.1, 0.15) is 27.0 Å². The molecule has 1 amide bonds. The zero-order valence-corrected chi connectivity index (χ0v) is 18.0. The smallest absolute Gasteiger partial charge is 0.271 e. The normalized spacial score (nSPS) is 10.5. The van der Waals surface area contributed by atoms with Gasteiger partial charge in [0.15, 0.2) is 0 Å². The average molecular weight is 516 g/mol. The Morgan fingerprint density at radius 1 is 1.17 bits per heavy atom. The number of halogens is 2. The molecule has 3 rings (SSSR count). The number of nitriles is 1. The number of benzene rings is 3. The molecule has 0 bridgehead atoms. The first-order valence-corrected chi connectivity index (χ1v) is 10.0. The molecule has 0 aliphatic heterocycles. The van der Waals surface area contributed by atoms with E-state index in [1.54, 1.807) is 42.5 Å². The third-order valence-corrected chi connectivity index (χ3v) is 4.85. The number of ether oxygens (including phenoxy) is 1. The molecule has 1 N–H and O–H groups in total. The first-order valence-electron chi connectivity index (χ1n) is 8.55. The van der Waals surface area contributed by atoms with Gasteiger partial charge in [-0.05, 0) is 82.8 Å². The second kappa shape index (κ2) is 10.0. The Balaban J connectivity index is 1.69. The van der Waals surface area contributed by atoms with Gasteiger partial charge in [0.2, 0.25) is 0 Å². The molecule has 0 aromatic heterocycles. The van der Waals surface area contributed by atoms with Crippen molar-refractivity contribution in [2.45, 2.75) is 6.61 Å². The summed E-state index contributed by atoms with van der Waals surface area (Å²) in [5.74, 6) is 0.250. The summed E-state index contributed by atoms with van der Waals surface area (Å²) < 4.78 is 6.91. The minimum Gasteiger partial charge on any atom is -0.488 e. The van der Waals surface area contributed by atoms with Crippen molar-refractivity contribution in [1.82, 2.24) is 5.43 Å². The zero-order valence-electron chi connectivity index (χ0n) is 15.1. The fourth-order valence-electron chi connectivity index (χ4n) is 2.47. The van der Waals surface area contributed by atoms with E-state index in [4.69, 9.17) is 21.6 Å². The summed E-state index contributed by atoms with van der Waals surface area (Å²) in [7, 11) is 0. The van der Waals surface area contributed by atoms with Crippen molar-refractivity contribution in [2.24, 2.45) is 5.10 Å². The highest BCUT2D eigenvalue weighted by Crippen LogP contribution is 2.22. The maximum absolute atomic E-state index is 12.2. The molecule has 0 spiro atoms. The summed E-state index contributed by atoms with van der Waals surface area (Å²) >= 11 is 8.26. The molecular formula is C22H15ClIN3O2. The van der Waals surface area contributed by atoms with Gasteiger partial charge in [0.1, 0.15) is 12.4 Å². The van der Waals surface area contributed by atoms with E-state index in [-0.39, 0.29) is 12.5 Å². The third kappa shape index (κ3) is 6.04. The van der Waals surface area contributed by atoms with E-state index in [1.165, 1.54) is 6.21 Å². The number of carbonyl (C=O) groups is 1. The molecule has 29 heavy (non-hydrogen) atoms. The van der Waals surface area contributed by atoms with Crippen molar-refractivity contribution < 1.29 is 9.53 Å². The molecule has 0 aliphatic carbocycles. The Labute approximate surface area is 187 Å². The Bertz CT molecular complexity index is 1090. The van der Waals surface area contributed by atoms with Gasteiger partial charge in [-0.15, -0.1) is 0 Å². The molecular weight excluding hydrogens is 501 g/mol. The van der Waals surface area contributed by atoms with E-state index in [1.807, 2.05) is 24.3 Å². The van der Waals surface area contributed by atoms with Crippen LogP contribution in [0.4, 0.5) is 0 Å². The van der Waals surface area contributed by atoms with Crippen molar-refractivity contribution in [1.29, 1.82) is 5.26 Å². The van der Waals surface area contributed by atoms with Crippen LogP contribution in [-0.4, -0.2) is 12.1 Å². The molecule has 5 nitrogen and oxygen atoms in total. The minimum absolute atomic E-state index is 0.285. The van der Waals surface area contributed by atoms with E-state index < -0.39 is 0 Å². The van der Waals surface area contributed by atoms with Gasteiger partial charge in [0.05, 0.1) is 17.8 Å². The molecule has 0 aliphatic rings. The lowest BCUT2D eigenvalue weighted by Gasteiger charge is -2.10. The van der Waals surface area contributed by atoms with Crippen LogP contribution in [0.15, 0.2) is 71.8 Å². The molecule has 0 fully saturated rings. The lowest BCUT2D eigenvalue weighted by molar-refractivity contribution is 0.0955. The molecule has 0 saturated carbocycles. The van der Waals surface area contributed by atoms with Crippen LogP contribution in [0.2, 0.25) is 5.02 Å². The van der Waals surface area contributed by atoms with Crippen molar-refractivity contribution in [3.05, 3.63) is 97.6 Å². The number of carbonyl (C=O) groups excluding carboxylic acids is 1. The lowest BCUT2D eigenvalue weighted by Crippen LogP contribution is -2.17. The van der Waals surface area contributed by atoms with Crippen LogP contribution in [0.3, 0.4) is 0 Å². The molecule has 7 heteroatoms. The first kappa shape index (κ1) is 20.8. The highest BCUT2D eigenvalue weighted by Gasteiger charge is 2.06. The monoisotopic (exact) mass is 515 g/mol. The van der Waals surface area contributed by atoms with Crippen LogP contribution < -0.4 is 10.2 Å². The average Bonchev–Trinajstić information content (AvgIpc) is 2.73. The lowest BCUT2D eigenvalue weighted by atomic mass is 10.1. The van der Waals surface area contributed by atoms with Crippen molar-refractivity contribution >= 4 is 46.3 Å². The molecule has 0 unspecified atom stereocenters. The topological polar surface area (TPSA) is 74.5 Å². The predicted octanol–water partition coefficient (Wildman–Crippen LogP) is 5.16. The number of amides is 1. The maximum Gasteiger partial charge on any atom is 0.271 e. The number of rotatable bonds is 6. The molecule has 0 saturated heterocycles. The van der Waals surface area contributed by atoms with Crippen LogP contribution in [0.5, 0.6) is 5.75 Å². The highest BCUT2D eigenvalue weighted by atomic mass is 127. The Kier molecular flexibility index (Phi) is 7.22. The molecule has 3 aromatic carbocycles. The molecule has 0 radical (unpaired) electrons. The van der Waals surface area contributed by atoms with Gasteiger partial charge in [-0.2, -0.15) is 10.4 Å². The van der Waals surface area contributed by atoms with Gasteiger partial charge in [-0.1, -0.05) is 23.7 Å². The third-order valence-electron chi connectivity index (χ3n) is 3.90. The summed E-state index contributed by atoms with van der Waals surface area (Å²) in [5.41, 5.74) is 5.08. The zero-order chi connectivity index (χ0) is 20.6. The largest absolute Gasteiger partial charge is 0.488 e. The molecule has 0 atom stereocenters. The second-order valence-electron chi connectivity index (χ2n) is 5.99. The van der Waals surface area contributed by atoms with Gasteiger partial charge in [-0.3, -0.25) is 4.79 Å². The van der Waals surface area contributed by atoms with Gasteiger partial charge in [0.25, 0.3) is 5.91 Å². The number of hydrogen-bond donors (Lipinski definition) is 1. The van der Waals surface area contributed by atoms with Gasteiger partial charge in [0, 0.05) is 19.7 Å². The highest BCUT2D eigenvalue weighted by molar-refractivity contribution is 14.1. The summed E-state index contributed by atoms with van der Waals surface area (Å²) in [6.45, 7) is 0.285. The number of nitrogens with zero attached hydrogens (tertiary/aromatic N) is 2. The van der Waals surface area contributed by atoms with Crippen molar-refractivity contribution in [3.8, 4) is 11.8 Å². The van der Waals surface area contributed by atoms with Crippen LogP contribution in [0.25, 0.3) is 0 Å². The van der Waals surface area contributed by atoms with E-state index >= 15 is 0 Å². The molecule has 3 aromatic rings. The molecule has 144 valence electrons. The van der Waals surface area contributed by atoms with E-state index in [2.05, 4.69) is 39.2 Å². The Morgan fingerprint density at radius 3 is 2.72 bits per heavy atom. The van der Waals surface area contributed by atoms with Gasteiger partial charge < -0.3 is 4.74 Å². The van der Waals surface area contributed by atoms with E-state index in [9.17, 15) is 4.79 Å². The standard InChI is InChI=1S/C22H15ClIN3O2/c23-19-6-9-21(29-14-16-3-1-2-15(10-16)12-25)18(11-19)13-26-27-22(28)17-4-7-20(24)8-5-17/h1-11,13H,14H2,(H,27,28)/b26-13-. The second-order valence-corrected chi connectivity index (χ2v) is 7.67. The van der Waals surface area contributed by atoms with Crippen LogP contribution in [0, 0.1) is 14.9 Å². The Hall–Kier alpha value is -2.89. The maximum atomic E-state index is 12.2. The predicted molar refractivity (Wildman–Crippen MR) is 121 cm³/mol. The van der Waals surface area contributed by atoms with E-state index in [0.29, 0.717) is 27.5 Å². The quantitative estimate of drug-likeness (QED) is 0.280. The van der Waals surface area contributed by atoms with Crippen LogP contribution >= 0.6 is 34.2 Å². The number of hydrazone groups is 1. The SMILES string of the molecule is N#Cc1cccc(COc2ccc(Cl)cc2/C=N\NC(=O)c2ccc(I)cc2)c1. The summed E-state index contributed by atoms with van der Waals surface area (Å²) in [5, 5.41) is 13.5. The van der Waals surface area contributed by atoms with Gasteiger partial charge in [-0.25, -0.2) is 5.43 Å². The fraction of sp³-hybridized carbons (Fsp3) is 0.0455. The Morgan fingerprint density at radius 2 is 1.97 bits per heavy atom. The van der Waals surface area contributed by atoms with E-state index in [0.717, 1.165) is 9.13 Å². The van der Waals surface area contributed by atoms with Crippen LogP contribution in [-0.2, 0) is 6.61 Å². The van der Waals surface area contributed by atoms with Gasteiger partial charge >= 0.3 is 0 Å². The number of hydrogen-bond acceptors (Lipinski definition) is 4. The number of nitrogens with one attached hydrogen (secondary N) is 1. The minimum atomic E-state index is -0.310. The summed E-state index contributed by atoms with van der Waals surface area (Å²) in [6, 6.07) is 21.6. The summed E-state index contributed by atoms with van der Waals surface area (Å²) in [4.78, 5) is 12.2. The summed E-state index contributed by atoms with van der Waals surface area (Å²) in [6.07, 6.45) is 1.48.